The molecule has 0 saturated heterocycles. The molecule has 5 heteroatoms. The third kappa shape index (κ3) is 3.15. The van der Waals surface area contributed by atoms with Crippen LogP contribution in [-0.4, -0.2) is 16.8 Å². The molecular weight excluding hydrogens is 221 g/mol. The number of rotatable bonds is 3. The Labute approximate surface area is 98.1 Å². The maximum absolute atomic E-state index is 4.42. The Morgan fingerprint density at radius 2 is 1.86 bits per heavy atom. The molecule has 0 unspecified atom stereocenters. The normalized spacial score (nSPS) is 9.14. The van der Waals surface area contributed by atoms with Crippen LogP contribution in [0.1, 0.15) is 23.9 Å². The third-order valence-electron chi connectivity index (χ3n) is 2.18. The van der Waals surface area contributed by atoms with Crippen molar-refractivity contribution >= 4 is 24.8 Å². The molecule has 84 valence electrons. The summed E-state index contributed by atoms with van der Waals surface area (Å²) in [4.78, 5) is 0. The van der Waals surface area contributed by atoms with Crippen LogP contribution in [0.3, 0.4) is 0 Å². The van der Waals surface area contributed by atoms with E-state index in [1.807, 2.05) is 11.7 Å². The molecule has 1 rings (SSSR count). The van der Waals surface area contributed by atoms with Crippen molar-refractivity contribution in [3.8, 4) is 0 Å². The molecule has 0 aliphatic heterocycles. The summed E-state index contributed by atoms with van der Waals surface area (Å²) < 4.78 is 2.04. The molecule has 0 aromatic carbocycles. The summed E-state index contributed by atoms with van der Waals surface area (Å²) in [5.41, 5.74) is 3.76. The summed E-state index contributed by atoms with van der Waals surface area (Å²) in [6.45, 7) is 8.17. The lowest BCUT2D eigenvalue weighted by molar-refractivity contribution is 0.632. The summed E-state index contributed by atoms with van der Waals surface area (Å²) in [6.07, 6.45) is 0. The Hall–Kier alpha value is -0.250. The van der Waals surface area contributed by atoms with Gasteiger partial charge >= 0.3 is 0 Å². The zero-order valence-corrected chi connectivity index (χ0v) is 10.8. The predicted molar refractivity (Wildman–Crippen MR) is 64.6 cm³/mol. The molecule has 0 saturated carbocycles. The third-order valence-corrected chi connectivity index (χ3v) is 2.18. The zero-order chi connectivity index (χ0) is 9.14. The van der Waals surface area contributed by atoms with Crippen LogP contribution in [0.15, 0.2) is 0 Å². The number of hydrogen-bond acceptors (Lipinski definition) is 2. The van der Waals surface area contributed by atoms with Crippen LogP contribution in [0.25, 0.3) is 0 Å². The van der Waals surface area contributed by atoms with Gasteiger partial charge in [-0.05, 0) is 27.8 Å². The fourth-order valence-electron chi connectivity index (χ4n) is 1.47. The Balaban J connectivity index is 0. The van der Waals surface area contributed by atoms with Gasteiger partial charge in [0.05, 0.1) is 5.69 Å². The van der Waals surface area contributed by atoms with E-state index in [0.29, 0.717) is 0 Å². The molecule has 1 aromatic heterocycles. The summed E-state index contributed by atoms with van der Waals surface area (Å²) in [5.74, 6) is 0. The molecule has 1 aromatic rings. The highest BCUT2D eigenvalue weighted by Crippen LogP contribution is 2.11. The molecule has 0 amide bonds. The van der Waals surface area contributed by atoms with Crippen molar-refractivity contribution in [2.45, 2.75) is 33.9 Å². The van der Waals surface area contributed by atoms with Crippen molar-refractivity contribution in [3.05, 3.63) is 17.0 Å². The fraction of sp³-hybridized carbons (Fsp3) is 0.667. The second kappa shape index (κ2) is 7.10. The highest BCUT2D eigenvalue weighted by atomic mass is 35.5. The molecule has 0 fully saturated rings. The first-order chi connectivity index (χ1) is 5.70. The van der Waals surface area contributed by atoms with Crippen LogP contribution in [0, 0.1) is 13.8 Å². The smallest absolute Gasteiger partial charge is 0.0641 e. The monoisotopic (exact) mass is 239 g/mol. The van der Waals surface area contributed by atoms with E-state index in [1.165, 1.54) is 11.3 Å². The van der Waals surface area contributed by atoms with E-state index in [1.54, 1.807) is 0 Å². The van der Waals surface area contributed by atoms with Crippen molar-refractivity contribution in [2.75, 3.05) is 7.05 Å². The van der Waals surface area contributed by atoms with Gasteiger partial charge in [0.2, 0.25) is 0 Å². The largest absolute Gasteiger partial charge is 0.316 e. The van der Waals surface area contributed by atoms with Gasteiger partial charge in [-0.1, -0.05) is 0 Å². The minimum Gasteiger partial charge on any atom is -0.316 e. The molecule has 0 aliphatic rings. The zero-order valence-electron chi connectivity index (χ0n) is 9.13. The van der Waals surface area contributed by atoms with Crippen LogP contribution >= 0.6 is 24.8 Å². The molecule has 0 bridgehead atoms. The molecule has 3 nitrogen and oxygen atoms in total. The average Bonchev–Trinajstić information content (AvgIpc) is 2.32. The van der Waals surface area contributed by atoms with Gasteiger partial charge in [0.15, 0.2) is 0 Å². The second-order valence-corrected chi connectivity index (χ2v) is 3.00. The first kappa shape index (κ1) is 16.2. The maximum atomic E-state index is 4.42. The number of nitrogens with zero attached hydrogens (tertiary/aromatic N) is 2. The van der Waals surface area contributed by atoms with E-state index < -0.39 is 0 Å². The van der Waals surface area contributed by atoms with E-state index in [-0.39, 0.29) is 24.8 Å². The van der Waals surface area contributed by atoms with Crippen LogP contribution < -0.4 is 5.32 Å². The number of nitrogens with one attached hydrogen (secondary N) is 1. The first-order valence-corrected chi connectivity index (χ1v) is 4.38. The molecule has 0 atom stereocenters. The van der Waals surface area contributed by atoms with Crippen molar-refractivity contribution in [3.63, 3.8) is 0 Å². The molecular formula is C9H19Cl2N3. The minimum absolute atomic E-state index is 0. The molecule has 1 heterocycles. The maximum Gasteiger partial charge on any atom is 0.0641 e. The summed E-state index contributed by atoms with van der Waals surface area (Å²) in [7, 11) is 1.96. The Morgan fingerprint density at radius 3 is 2.21 bits per heavy atom. The standard InChI is InChI=1S/C9H17N3.2ClH/c1-5-12-8(3)9(6-10-4)7(2)11-12;;/h10H,5-6H2,1-4H3;2*1H. The van der Waals surface area contributed by atoms with Gasteiger partial charge in [-0.15, -0.1) is 24.8 Å². The van der Waals surface area contributed by atoms with E-state index in [2.05, 4.69) is 31.2 Å². The van der Waals surface area contributed by atoms with Gasteiger partial charge < -0.3 is 5.32 Å². The van der Waals surface area contributed by atoms with Crippen LogP contribution in [0.4, 0.5) is 0 Å². The van der Waals surface area contributed by atoms with Crippen molar-refractivity contribution in [1.29, 1.82) is 0 Å². The van der Waals surface area contributed by atoms with Gasteiger partial charge in [-0.3, -0.25) is 4.68 Å². The molecule has 1 N–H and O–H groups in total. The van der Waals surface area contributed by atoms with Gasteiger partial charge in [0, 0.05) is 24.3 Å². The van der Waals surface area contributed by atoms with Gasteiger partial charge in [-0.2, -0.15) is 5.10 Å². The van der Waals surface area contributed by atoms with Crippen LogP contribution in [0.5, 0.6) is 0 Å². The van der Waals surface area contributed by atoms with Crippen molar-refractivity contribution < 1.29 is 0 Å². The number of hydrogen-bond donors (Lipinski definition) is 1. The quantitative estimate of drug-likeness (QED) is 0.876. The second-order valence-electron chi connectivity index (χ2n) is 3.00. The number of aryl methyl sites for hydroxylation is 2. The van der Waals surface area contributed by atoms with E-state index in [9.17, 15) is 0 Å². The van der Waals surface area contributed by atoms with E-state index >= 15 is 0 Å². The minimum atomic E-state index is 0. The topological polar surface area (TPSA) is 29.9 Å². The Bertz CT molecular complexity index is 271. The van der Waals surface area contributed by atoms with Gasteiger partial charge in [0.25, 0.3) is 0 Å². The Morgan fingerprint density at radius 1 is 1.29 bits per heavy atom. The molecule has 0 aliphatic carbocycles. The summed E-state index contributed by atoms with van der Waals surface area (Å²) >= 11 is 0. The van der Waals surface area contributed by atoms with Crippen LogP contribution in [0.2, 0.25) is 0 Å². The highest BCUT2D eigenvalue weighted by molar-refractivity contribution is 5.85. The molecule has 14 heavy (non-hydrogen) atoms. The SMILES string of the molecule is CCn1nc(C)c(CNC)c1C.Cl.Cl. The summed E-state index contributed by atoms with van der Waals surface area (Å²) in [6, 6.07) is 0. The van der Waals surface area contributed by atoms with Gasteiger partial charge in [0.1, 0.15) is 0 Å². The fourth-order valence-corrected chi connectivity index (χ4v) is 1.47. The van der Waals surface area contributed by atoms with Crippen molar-refractivity contribution in [1.82, 2.24) is 15.1 Å². The lowest BCUT2D eigenvalue weighted by atomic mass is 10.2. The Kier molecular flexibility index (Phi) is 8.21. The average molecular weight is 240 g/mol. The van der Waals surface area contributed by atoms with Gasteiger partial charge in [-0.25, -0.2) is 0 Å². The van der Waals surface area contributed by atoms with E-state index in [4.69, 9.17) is 0 Å². The van der Waals surface area contributed by atoms with Crippen molar-refractivity contribution in [2.24, 2.45) is 0 Å². The van der Waals surface area contributed by atoms with E-state index in [0.717, 1.165) is 18.8 Å². The molecule has 0 spiro atoms. The van der Waals surface area contributed by atoms with Crippen LogP contribution in [-0.2, 0) is 13.1 Å². The number of aromatic nitrogens is 2. The first-order valence-electron chi connectivity index (χ1n) is 4.38. The lowest BCUT2D eigenvalue weighted by Gasteiger charge is -2.01. The molecule has 0 radical (unpaired) electrons. The highest BCUT2D eigenvalue weighted by Gasteiger charge is 2.08. The predicted octanol–water partition coefficient (Wildman–Crippen LogP) is 2.08. The lowest BCUT2D eigenvalue weighted by Crippen LogP contribution is -2.07. The number of halogens is 2. The summed E-state index contributed by atoms with van der Waals surface area (Å²) in [5, 5.41) is 7.57.